The number of allylic oxidation sites excluding steroid dienone is 5. The normalized spacial score (nSPS) is 19.4. The summed E-state index contributed by atoms with van der Waals surface area (Å²) in [6, 6.07) is 17.6. The van der Waals surface area contributed by atoms with Gasteiger partial charge in [0.15, 0.2) is 0 Å². The molecule has 2 aromatic carbocycles. The van der Waals surface area contributed by atoms with E-state index >= 15 is 0 Å². The van der Waals surface area contributed by atoms with Crippen molar-refractivity contribution in [3.8, 4) is 0 Å². The zero-order chi connectivity index (χ0) is 28.2. The van der Waals surface area contributed by atoms with E-state index in [1.807, 2.05) is 6.92 Å². The summed E-state index contributed by atoms with van der Waals surface area (Å²) in [6.45, 7) is 17.3. The van der Waals surface area contributed by atoms with Crippen molar-refractivity contribution in [1.82, 2.24) is 14.8 Å². The number of hydrogen-bond donors (Lipinski definition) is 1. The third-order valence-electron chi connectivity index (χ3n) is 8.63. The maximum atomic E-state index is 13.4. The Kier molecular flexibility index (Phi) is 8.75. The van der Waals surface area contributed by atoms with Crippen LogP contribution in [0.3, 0.4) is 0 Å². The van der Waals surface area contributed by atoms with Crippen LogP contribution in [-0.4, -0.2) is 46.9 Å². The number of aromatic nitrogens is 1. The van der Waals surface area contributed by atoms with Gasteiger partial charge in [-0.2, -0.15) is 0 Å². The lowest BCUT2D eigenvalue weighted by molar-refractivity contribution is -0.136. The van der Waals surface area contributed by atoms with Crippen molar-refractivity contribution in [3.63, 3.8) is 0 Å². The molecule has 4 nitrogen and oxygen atoms in total. The van der Waals surface area contributed by atoms with E-state index in [0.29, 0.717) is 17.7 Å². The zero-order valence-corrected chi connectivity index (χ0v) is 24.7. The highest BCUT2D eigenvalue weighted by molar-refractivity contribution is 5.92. The summed E-state index contributed by atoms with van der Waals surface area (Å²) >= 11 is 0. The first-order valence-corrected chi connectivity index (χ1v) is 15.0. The van der Waals surface area contributed by atoms with Crippen LogP contribution in [0.1, 0.15) is 81.2 Å². The number of amides is 1. The number of piperidine rings is 1. The summed E-state index contributed by atoms with van der Waals surface area (Å²) in [7, 11) is 0. The minimum absolute atomic E-state index is 0.141. The molecule has 2 saturated heterocycles. The maximum Gasteiger partial charge on any atom is 0.227 e. The lowest BCUT2D eigenvalue weighted by Crippen LogP contribution is -2.42. The molecule has 0 bridgehead atoms. The number of rotatable bonds is 8. The molecule has 1 amide bonds. The van der Waals surface area contributed by atoms with Crippen LogP contribution in [0.5, 0.6) is 0 Å². The topological polar surface area (TPSA) is 39.3 Å². The fraction of sp³-hybridized carbons (Fsp3) is 0.417. The molecule has 5 rings (SSSR count). The quantitative estimate of drug-likeness (QED) is 0.296. The Bertz CT molecular complexity index is 1400. The average Bonchev–Trinajstić information content (AvgIpc) is 3.57. The smallest absolute Gasteiger partial charge is 0.227 e. The highest BCUT2D eigenvalue weighted by Gasteiger charge is 2.33. The fourth-order valence-corrected chi connectivity index (χ4v) is 6.67. The average molecular weight is 536 g/mol. The molecule has 1 unspecified atom stereocenters. The fourth-order valence-electron chi connectivity index (χ4n) is 6.67. The Labute approximate surface area is 240 Å². The van der Waals surface area contributed by atoms with Crippen molar-refractivity contribution < 1.29 is 4.79 Å². The molecule has 2 aliphatic rings. The Morgan fingerprint density at radius 3 is 2.50 bits per heavy atom. The van der Waals surface area contributed by atoms with Crippen LogP contribution in [-0.2, 0) is 11.3 Å². The van der Waals surface area contributed by atoms with Gasteiger partial charge in [0.2, 0.25) is 5.91 Å². The van der Waals surface area contributed by atoms with Crippen molar-refractivity contribution in [2.75, 3.05) is 26.2 Å². The highest BCUT2D eigenvalue weighted by Crippen LogP contribution is 2.37. The molecule has 2 aliphatic heterocycles. The lowest BCUT2D eigenvalue weighted by Gasteiger charge is -2.34. The summed E-state index contributed by atoms with van der Waals surface area (Å²) in [5.41, 5.74) is 8.71. The molecule has 1 N–H and O–H groups in total. The molecule has 40 heavy (non-hydrogen) atoms. The monoisotopic (exact) mass is 535 g/mol. The summed E-state index contributed by atoms with van der Waals surface area (Å²) < 4.78 is 0. The predicted octanol–water partition coefficient (Wildman–Crippen LogP) is 8.06. The van der Waals surface area contributed by atoms with Crippen LogP contribution in [0.4, 0.5) is 0 Å². The zero-order valence-electron chi connectivity index (χ0n) is 24.7. The van der Waals surface area contributed by atoms with Crippen molar-refractivity contribution in [2.24, 2.45) is 5.92 Å². The second kappa shape index (κ2) is 12.4. The summed E-state index contributed by atoms with van der Waals surface area (Å²) in [5, 5.41) is 1.32. The molecular formula is C36H45N3O. The first kappa shape index (κ1) is 28.2. The van der Waals surface area contributed by atoms with Gasteiger partial charge in [0.25, 0.3) is 0 Å². The van der Waals surface area contributed by atoms with E-state index in [1.54, 1.807) is 0 Å². The van der Waals surface area contributed by atoms with Crippen LogP contribution in [0, 0.1) is 5.92 Å². The van der Waals surface area contributed by atoms with Gasteiger partial charge in [-0.25, -0.2) is 0 Å². The molecule has 0 spiro atoms. The summed E-state index contributed by atoms with van der Waals surface area (Å²) in [4.78, 5) is 21.7. The van der Waals surface area contributed by atoms with E-state index in [2.05, 4.69) is 109 Å². The Balaban J connectivity index is 1.26. The van der Waals surface area contributed by atoms with Crippen LogP contribution in [0.2, 0.25) is 0 Å². The van der Waals surface area contributed by atoms with Gasteiger partial charge in [0, 0.05) is 42.8 Å². The first-order chi connectivity index (χ1) is 19.3. The molecule has 3 aromatic rings. The van der Waals surface area contributed by atoms with E-state index in [1.165, 1.54) is 38.9 Å². The van der Waals surface area contributed by atoms with Crippen LogP contribution in [0.15, 0.2) is 78.9 Å². The van der Waals surface area contributed by atoms with E-state index in [4.69, 9.17) is 0 Å². The van der Waals surface area contributed by atoms with Gasteiger partial charge < -0.3 is 9.88 Å². The van der Waals surface area contributed by atoms with Crippen LogP contribution in [0.25, 0.3) is 16.5 Å². The predicted molar refractivity (Wildman–Crippen MR) is 168 cm³/mol. The van der Waals surface area contributed by atoms with Crippen LogP contribution < -0.4 is 0 Å². The minimum atomic E-state index is 0.141. The summed E-state index contributed by atoms with van der Waals surface area (Å²) in [6.07, 6.45) is 9.47. The van der Waals surface area contributed by atoms with Crippen molar-refractivity contribution in [3.05, 3.63) is 101 Å². The first-order valence-electron chi connectivity index (χ1n) is 15.0. The number of carbonyl (C=O) groups is 1. The number of H-pyrrole nitrogens is 1. The number of carbonyl (C=O) groups excluding carboxylic acids is 1. The van der Waals surface area contributed by atoms with Gasteiger partial charge in [-0.1, -0.05) is 80.6 Å². The Hall–Kier alpha value is -3.37. The Morgan fingerprint density at radius 1 is 1.07 bits per heavy atom. The molecule has 0 saturated carbocycles. The number of aromatic amines is 1. The van der Waals surface area contributed by atoms with Gasteiger partial charge in [-0.05, 0) is 85.9 Å². The van der Waals surface area contributed by atoms with Gasteiger partial charge in [0.05, 0.1) is 5.92 Å². The van der Waals surface area contributed by atoms with E-state index < -0.39 is 0 Å². The molecule has 0 radical (unpaired) electrons. The SMILES string of the molecule is C=C(C)/C=C(\C=C/C)c1[nH]c2ccc(C3CCN(C(=O)C4CCN(Cc5ccccc5)C4)CC3)cc2c1C(C)C. The molecular weight excluding hydrogens is 490 g/mol. The number of hydrogen-bond acceptors (Lipinski definition) is 2. The van der Waals surface area contributed by atoms with E-state index in [-0.39, 0.29) is 5.92 Å². The van der Waals surface area contributed by atoms with Gasteiger partial charge in [-0.15, -0.1) is 0 Å². The largest absolute Gasteiger partial charge is 0.354 e. The molecule has 4 heteroatoms. The van der Waals surface area contributed by atoms with Crippen molar-refractivity contribution in [2.45, 2.75) is 65.3 Å². The molecule has 2 fully saturated rings. The number of benzene rings is 2. The van der Waals surface area contributed by atoms with Crippen molar-refractivity contribution >= 4 is 22.4 Å². The van der Waals surface area contributed by atoms with E-state index in [0.717, 1.165) is 57.6 Å². The molecule has 1 aromatic heterocycles. The molecule has 1 atom stereocenters. The van der Waals surface area contributed by atoms with Crippen molar-refractivity contribution in [1.29, 1.82) is 0 Å². The van der Waals surface area contributed by atoms with Crippen LogP contribution >= 0.6 is 0 Å². The maximum absolute atomic E-state index is 13.4. The lowest BCUT2D eigenvalue weighted by atomic mass is 9.87. The van der Waals surface area contributed by atoms with Gasteiger partial charge >= 0.3 is 0 Å². The highest BCUT2D eigenvalue weighted by atomic mass is 16.2. The molecule has 210 valence electrons. The number of fused-ring (bicyclic) bond motifs is 1. The van der Waals surface area contributed by atoms with E-state index in [9.17, 15) is 4.79 Å². The number of nitrogens with one attached hydrogen (secondary N) is 1. The third-order valence-corrected chi connectivity index (χ3v) is 8.63. The Morgan fingerprint density at radius 2 is 1.82 bits per heavy atom. The number of likely N-dealkylation sites (tertiary alicyclic amines) is 2. The second-order valence-corrected chi connectivity index (χ2v) is 12.1. The summed E-state index contributed by atoms with van der Waals surface area (Å²) in [5.74, 6) is 1.39. The third kappa shape index (κ3) is 6.18. The molecule has 0 aliphatic carbocycles. The minimum Gasteiger partial charge on any atom is -0.354 e. The second-order valence-electron chi connectivity index (χ2n) is 12.1. The van der Waals surface area contributed by atoms with Gasteiger partial charge in [0.1, 0.15) is 0 Å². The number of nitrogens with zero attached hydrogens (tertiary/aromatic N) is 2. The molecule has 3 heterocycles. The van der Waals surface area contributed by atoms with Gasteiger partial charge in [-0.3, -0.25) is 9.69 Å². The standard InChI is InChI=1S/C36H45N3O/c1-6-10-30(21-25(2)3)35-34(26(4)5)32-22-29(13-14-33(32)37-35)28-16-19-39(20-17-28)36(40)31-15-18-38(24-31)23-27-11-8-7-9-12-27/h6-14,21-22,26,28,31,37H,2,15-20,23-24H2,1,3-5H3/b10-6-,30-21+.